The molecule has 0 aliphatic heterocycles. The summed E-state index contributed by atoms with van der Waals surface area (Å²) in [5, 5.41) is 16.9. The second-order valence-electron chi connectivity index (χ2n) is 3.33. The molecule has 6 nitrogen and oxygen atoms in total. The number of nitrogens with zero attached hydrogens (tertiary/aromatic N) is 2. The molecule has 0 aliphatic carbocycles. The monoisotopic (exact) mass is 319 g/mol. The van der Waals surface area contributed by atoms with Crippen LogP contribution in [0.2, 0.25) is 0 Å². The van der Waals surface area contributed by atoms with E-state index in [1.165, 1.54) is 18.5 Å². The van der Waals surface area contributed by atoms with Crippen LogP contribution in [0.5, 0.6) is 0 Å². The van der Waals surface area contributed by atoms with Gasteiger partial charge in [0, 0.05) is 29.4 Å². The summed E-state index contributed by atoms with van der Waals surface area (Å²) in [6.07, 6.45) is 3.94. The summed E-state index contributed by atoms with van der Waals surface area (Å²) in [6.45, 7) is 0. The van der Waals surface area contributed by atoms with Gasteiger partial charge < -0.3 is 5.21 Å². The Balaban J connectivity index is 0.00000180. The smallest absolute Gasteiger partial charge is 0.256 e. The molecule has 0 radical (unpaired) electrons. The van der Waals surface area contributed by atoms with E-state index in [9.17, 15) is 13.6 Å². The minimum Gasteiger partial charge on any atom is -0.618 e. The summed E-state index contributed by atoms with van der Waals surface area (Å²) in [5.74, 6) is 0. The van der Waals surface area contributed by atoms with E-state index in [4.69, 9.17) is 5.14 Å². The second kappa shape index (κ2) is 6.20. The minimum atomic E-state index is -3.86. The lowest BCUT2D eigenvalue weighted by Gasteiger charge is -2.06. The van der Waals surface area contributed by atoms with Crippen molar-refractivity contribution >= 4 is 34.2 Å². The normalized spacial score (nSPS) is 10.8. The van der Waals surface area contributed by atoms with Gasteiger partial charge in [-0.25, -0.2) is 13.6 Å². The fraction of sp³-hybridized carbons (Fsp3) is 0. The molecule has 0 atom stereocenters. The molecule has 0 saturated carbocycles. The fourth-order valence-electron chi connectivity index (χ4n) is 1.27. The van der Waals surface area contributed by atoms with Crippen LogP contribution in [0.15, 0.2) is 57.7 Å². The Hall–Kier alpha value is -1.35. The Kier molecular flexibility index (Phi) is 5.12. The zero-order valence-corrected chi connectivity index (χ0v) is 11.9. The number of sulfonamides is 1. The Labute approximate surface area is 120 Å². The molecule has 9 heteroatoms. The first kappa shape index (κ1) is 15.7. The van der Waals surface area contributed by atoms with Crippen LogP contribution in [0.25, 0.3) is 0 Å². The third-order valence-electron chi connectivity index (χ3n) is 2.06. The maximum Gasteiger partial charge on any atom is 0.256 e. The number of pyridine rings is 2. The second-order valence-corrected chi connectivity index (χ2v) is 5.93. The van der Waals surface area contributed by atoms with Crippen molar-refractivity contribution in [1.29, 1.82) is 0 Å². The van der Waals surface area contributed by atoms with Crippen molar-refractivity contribution < 1.29 is 13.1 Å². The van der Waals surface area contributed by atoms with E-state index < -0.39 is 10.0 Å². The molecule has 0 saturated heterocycles. The first-order chi connectivity index (χ1) is 8.48. The minimum absolute atomic E-state index is 0. The average Bonchev–Trinajstić information content (AvgIpc) is 2.31. The van der Waals surface area contributed by atoms with Gasteiger partial charge >= 0.3 is 0 Å². The van der Waals surface area contributed by atoms with Crippen molar-refractivity contribution in [3.05, 3.63) is 48.1 Å². The van der Waals surface area contributed by atoms with Crippen LogP contribution in [0.3, 0.4) is 0 Å². The van der Waals surface area contributed by atoms with E-state index in [0.29, 0.717) is 14.7 Å². The van der Waals surface area contributed by atoms with E-state index in [1.807, 2.05) is 0 Å². The van der Waals surface area contributed by atoms with Gasteiger partial charge in [-0.05, 0) is 23.9 Å². The molecule has 2 N–H and O–H groups in total. The molecule has 102 valence electrons. The molecular weight excluding hydrogens is 310 g/mol. The van der Waals surface area contributed by atoms with Crippen LogP contribution in [0.1, 0.15) is 0 Å². The van der Waals surface area contributed by atoms with E-state index in [0.717, 1.165) is 18.0 Å². The molecule has 2 heterocycles. The van der Waals surface area contributed by atoms with Gasteiger partial charge in [0.2, 0.25) is 10.0 Å². The predicted molar refractivity (Wildman–Crippen MR) is 72.4 cm³/mol. The van der Waals surface area contributed by atoms with Crippen molar-refractivity contribution in [3.63, 3.8) is 0 Å². The van der Waals surface area contributed by atoms with Gasteiger partial charge in [-0.3, -0.25) is 4.98 Å². The molecule has 2 aromatic heterocycles. The molecule has 0 spiro atoms. The summed E-state index contributed by atoms with van der Waals surface area (Å²) in [4.78, 5) is 3.98. The highest BCUT2D eigenvalue weighted by Crippen LogP contribution is 2.29. The van der Waals surface area contributed by atoms with Crippen LogP contribution in [-0.4, -0.2) is 13.4 Å². The van der Waals surface area contributed by atoms with Crippen LogP contribution in [0.4, 0.5) is 0 Å². The quantitative estimate of drug-likeness (QED) is 0.670. The van der Waals surface area contributed by atoms with Crippen LogP contribution >= 0.6 is 24.2 Å². The van der Waals surface area contributed by atoms with Crippen molar-refractivity contribution in [2.24, 2.45) is 5.14 Å². The largest absolute Gasteiger partial charge is 0.618 e. The maximum absolute atomic E-state index is 11.5. The Morgan fingerprint density at radius 1 is 1.32 bits per heavy atom. The summed E-state index contributed by atoms with van der Waals surface area (Å²) < 4.78 is 23.4. The van der Waals surface area contributed by atoms with Gasteiger partial charge in [-0.2, -0.15) is 4.73 Å². The summed E-state index contributed by atoms with van der Waals surface area (Å²) in [7, 11) is -3.86. The predicted octanol–water partition coefficient (Wildman–Crippen LogP) is 0.935. The van der Waals surface area contributed by atoms with E-state index in [-0.39, 0.29) is 17.3 Å². The lowest BCUT2D eigenvalue weighted by molar-refractivity contribution is -0.645. The molecule has 19 heavy (non-hydrogen) atoms. The highest BCUT2D eigenvalue weighted by molar-refractivity contribution is 8.00. The number of halogens is 1. The SMILES string of the molecule is Cl.NS(=O)(=O)c1cnccc1Sc1cccc[n+]1[O-]. The maximum atomic E-state index is 11.5. The van der Waals surface area contributed by atoms with Gasteiger partial charge in [0.15, 0.2) is 6.20 Å². The van der Waals surface area contributed by atoms with Crippen molar-refractivity contribution in [2.75, 3.05) is 0 Å². The van der Waals surface area contributed by atoms with Gasteiger partial charge in [-0.1, -0.05) is 0 Å². The lowest BCUT2D eigenvalue weighted by Crippen LogP contribution is -2.27. The molecule has 0 unspecified atom stereocenters. The number of primary sulfonamides is 1. The highest BCUT2D eigenvalue weighted by Gasteiger charge is 2.17. The molecule has 2 aromatic rings. The first-order valence-corrected chi connectivity index (χ1v) is 7.17. The molecule has 0 fully saturated rings. The average molecular weight is 320 g/mol. The zero-order chi connectivity index (χ0) is 13.2. The van der Waals surface area contributed by atoms with Gasteiger partial charge in [0.1, 0.15) is 4.90 Å². The zero-order valence-electron chi connectivity index (χ0n) is 9.46. The third kappa shape index (κ3) is 3.80. The number of rotatable bonds is 3. The Morgan fingerprint density at radius 2 is 2.05 bits per heavy atom. The molecule has 2 rings (SSSR count). The van der Waals surface area contributed by atoms with E-state index in [2.05, 4.69) is 4.98 Å². The molecule has 0 aromatic carbocycles. The number of aromatic nitrogens is 2. The van der Waals surface area contributed by atoms with Crippen LogP contribution < -0.4 is 9.87 Å². The molecule has 0 bridgehead atoms. The summed E-state index contributed by atoms with van der Waals surface area (Å²) in [6, 6.07) is 6.36. The molecular formula is C10H10ClN3O3S2. The molecule has 0 amide bonds. The Morgan fingerprint density at radius 3 is 2.68 bits per heavy atom. The molecule has 0 aliphatic rings. The van der Waals surface area contributed by atoms with E-state index in [1.54, 1.807) is 18.2 Å². The fourth-order valence-corrected chi connectivity index (χ4v) is 3.10. The standard InChI is InChI=1S/C10H9N3O3S2.ClH/c11-18(15,16)9-7-12-5-4-8(9)17-10-3-1-2-6-13(10)14;/h1-7H,(H2,11,15,16);1H. The van der Waals surface area contributed by atoms with Crippen molar-refractivity contribution in [2.45, 2.75) is 14.8 Å². The van der Waals surface area contributed by atoms with Crippen LogP contribution in [0, 0.1) is 5.21 Å². The van der Waals surface area contributed by atoms with Crippen LogP contribution in [-0.2, 0) is 10.0 Å². The number of nitrogens with two attached hydrogens (primary N) is 1. The topological polar surface area (TPSA) is 100.0 Å². The number of hydrogen-bond acceptors (Lipinski definition) is 5. The number of hydrogen-bond donors (Lipinski definition) is 1. The van der Waals surface area contributed by atoms with Crippen molar-refractivity contribution in [1.82, 2.24) is 4.98 Å². The van der Waals surface area contributed by atoms with Gasteiger partial charge in [-0.15, -0.1) is 12.4 Å². The summed E-state index contributed by atoms with van der Waals surface area (Å²) >= 11 is 1.02. The van der Waals surface area contributed by atoms with E-state index >= 15 is 0 Å². The summed E-state index contributed by atoms with van der Waals surface area (Å²) in [5.41, 5.74) is 0. The van der Waals surface area contributed by atoms with Gasteiger partial charge in [0.05, 0.1) is 0 Å². The lowest BCUT2D eigenvalue weighted by atomic mass is 10.5. The first-order valence-electron chi connectivity index (χ1n) is 4.81. The van der Waals surface area contributed by atoms with Crippen molar-refractivity contribution in [3.8, 4) is 0 Å². The highest BCUT2D eigenvalue weighted by atomic mass is 35.5. The van der Waals surface area contributed by atoms with Gasteiger partial charge in [0.25, 0.3) is 5.03 Å². The Bertz CT molecular complexity index is 679. The third-order valence-corrected chi connectivity index (χ3v) is 4.22.